The summed E-state index contributed by atoms with van der Waals surface area (Å²) in [5.41, 5.74) is 0. The molecule has 0 rings (SSSR count). The third-order valence-corrected chi connectivity index (χ3v) is 1.30. The summed E-state index contributed by atoms with van der Waals surface area (Å²) in [5, 5.41) is 0. The molecule has 14 heavy (non-hydrogen) atoms. The summed E-state index contributed by atoms with van der Waals surface area (Å²) >= 11 is 4.08. The van der Waals surface area contributed by atoms with Crippen molar-refractivity contribution in [1.29, 1.82) is 0 Å². The standard InChI is InChI=1S/C8H4Br2F4/c9-7(11,12)5-3-1-2-4-6-8(10,13)14/h1,6H2. The highest BCUT2D eigenvalue weighted by atomic mass is 79.9. The molecule has 0 aliphatic rings. The van der Waals surface area contributed by atoms with Gasteiger partial charge in [-0.15, -0.1) is 0 Å². The molecule has 0 aromatic rings. The van der Waals surface area contributed by atoms with Crippen LogP contribution in [0.3, 0.4) is 0 Å². The predicted molar refractivity (Wildman–Crippen MR) is 52.5 cm³/mol. The van der Waals surface area contributed by atoms with Crippen molar-refractivity contribution in [2.75, 3.05) is 0 Å². The van der Waals surface area contributed by atoms with Crippen LogP contribution in [0, 0.1) is 23.7 Å². The molecule has 0 radical (unpaired) electrons. The lowest BCUT2D eigenvalue weighted by Crippen LogP contribution is -2.01. The Bertz CT molecular complexity index is 292. The van der Waals surface area contributed by atoms with E-state index in [1.807, 2.05) is 21.9 Å². The summed E-state index contributed by atoms with van der Waals surface area (Å²) in [4.78, 5) is -6.28. The lowest BCUT2D eigenvalue weighted by molar-refractivity contribution is 0.121. The highest BCUT2D eigenvalue weighted by Crippen LogP contribution is 2.24. The minimum Gasteiger partial charge on any atom is -0.193 e. The zero-order valence-electron chi connectivity index (χ0n) is 6.68. The van der Waals surface area contributed by atoms with Gasteiger partial charge in [0, 0.05) is 15.9 Å². The fraction of sp³-hybridized carbons (Fsp3) is 0.500. The maximum atomic E-state index is 12.1. The molecule has 0 fully saturated rings. The molecule has 0 unspecified atom stereocenters. The number of hydrogen-bond acceptors (Lipinski definition) is 0. The van der Waals surface area contributed by atoms with Crippen LogP contribution in [0.4, 0.5) is 17.6 Å². The molecule has 0 aliphatic carbocycles. The molecule has 0 bridgehead atoms. The fourth-order valence-corrected chi connectivity index (χ4v) is 0.694. The first kappa shape index (κ1) is 13.8. The highest BCUT2D eigenvalue weighted by Gasteiger charge is 2.21. The zero-order valence-corrected chi connectivity index (χ0v) is 9.85. The summed E-state index contributed by atoms with van der Waals surface area (Å²) in [5.74, 6) is 7.91. The molecule has 0 saturated carbocycles. The molecule has 6 heteroatoms. The fourth-order valence-electron chi connectivity index (χ4n) is 0.414. The second-order valence-electron chi connectivity index (χ2n) is 2.12. The van der Waals surface area contributed by atoms with Crippen LogP contribution in [0.25, 0.3) is 0 Å². The molecular weight excluding hydrogens is 332 g/mol. The quantitative estimate of drug-likeness (QED) is 0.389. The van der Waals surface area contributed by atoms with Crippen LogP contribution < -0.4 is 0 Å². The summed E-state index contributed by atoms with van der Waals surface area (Å²) in [6.45, 7) is 0. The van der Waals surface area contributed by atoms with Gasteiger partial charge in [0.1, 0.15) is 0 Å². The molecule has 0 saturated heterocycles. The van der Waals surface area contributed by atoms with Crippen LogP contribution in [0.15, 0.2) is 0 Å². The summed E-state index contributed by atoms with van der Waals surface area (Å²) in [6.07, 6.45) is -0.830. The molecule has 0 aromatic heterocycles. The largest absolute Gasteiger partial charge is 0.363 e. The molecule has 0 N–H and O–H groups in total. The molecular formula is C8H4Br2F4. The normalized spacial score (nSPS) is 11.0. The number of hydrogen-bond donors (Lipinski definition) is 0. The molecule has 0 nitrogen and oxygen atoms in total. The Kier molecular flexibility index (Phi) is 5.54. The van der Waals surface area contributed by atoms with Crippen molar-refractivity contribution in [3.63, 3.8) is 0 Å². The Morgan fingerprint density at radius 3 is 1.93 bits per heavy atom. The number of rotatable bonds is 1. The van der Waals surface area contributed by atoms with Crippen molar-refractivity contribution in [2.45, 2.75) is 22.5 Å². The van der Waals surface area contributed by atoms with Gasteiger partial charge >= 0.3 is 9.66 Å². The van der Waals surface area contributed by atoms with Gasteiger partial charge in [0.25, 0.3) is 0 Å². The van der Waals surface area contributed by atoms with E-state index >= 15 is 0 Å². The second-order valence-corrected chi connectivity index (χ2v) is 4.28. The van der Waals surface area contributed by atoms with Gasteiger partial charge in [-0.25, -0.2) is 0 Å². The van der Waals surface area contributed by atoms with E-state index in [0.29, 0.717) is 0 Å². The Morgan fingerprint density at radius 2 is 1.50 bits per heavy atom. The first-order chi connectivity index (χ1) is 6.21. The molecule has 0 amide bonds. The van der Waals surface area contributed by atoms with Crippen molar-refractivity contribution in [1.82, 2.24) is 0 Å². The van der Waals surface area contributed by atoms with Crippen molar-refractivity contribution in [2.24, 2.45) is 0 Å². The van der Waals surface area contributed by atoms with Crippen molar-refractivity contribution in [3.8, 4) is 23.7 Å². The monoisotopic (exact) mass is 334 g/mol. The maximum absolute atomic E-state index is 12.1. The average molecular weight is 336 g/mol. The molecule has 78 valence electrons. The van der Waals surface area contributed by atoms with E-state index in [0.717, 1.165) is 0 Å². The van der Waals surface area contributed by atoms with E-state index in [-0.39, 0.29) is 6.42 Å². The summed E-state index contributed by atoms with van der Waals surface area (Å²) < 4.78 is 48.1. The Labute approximate surface area is 95.7 Å². The number of halogens is 6. The lowest BCUT2D eigenvalue weighted by Gasteiger charge is -1.99. The molecule has 0 aliphatic heterocycles. The van der Waals surface area contributed by atoms with E-state index in [9.17, 15) is 17.6 Å². The van der Waals surface area contributed by atoms with Gasteiger partial charge in [-0.3, -0.25) is 0 Å². The van der Waals surface area contributed by atoms with Gasteiger partial charge in [-0.1, -0.05) is 17.8 Å². The summed E-state index contributed by atoms with van der Waals surface area (Å²) in [7, 11) is 0. The van der Waals surface area contributed by atoms with Crippen LogP contribution >= 0.6 is 31.9 Å². The minimum absolute atomic E-state index is 0.162. The van der Waals surface area contributed by atoms with E-state index in [1.54, 1.807) is 5.92 Å². The van der Waals surface area contributed by atoms with Crippen molar-refractivity contribution >= 4 is 31.9 Å². The lowest BCUT2D eigenvalue weighted by atomic mass is 10.4. The maximum Gasteiger partial charge on any atom is 0.363 e. The van der Waals surface area contributed by atoms with Crippen molar-refractivity contribution < 1.29 is 17.6 Å². The average Bonchev–Trinajstić information content (AvgIpc) is 1.92. The van der Waals surface area contributed by atoms with Gasteiger partial charge in [0.05, 0.1) is 12.8 Å². The highest BCUT2D eigenvalue weighted by molar-refractivity contribution is 9.10. The molecule has 0 aromatic carbocycles. The van der Waals surface area contributed by atoms with Gasteiger partial charge in [0.15, 0.2) is 0 Å². The van der Waals surface area contributed by atoms with Crippen LogP contribution in [0.1, 0.15) is 12.8 Å². The van der Waals surface area contributed by atoms with Gasteiger partial charge < -0.3 is 0 Å². The van der Waals surface area contributed by atoms with Crippen LogP contribution in [0.5, 0.6) is 0 Å². The molecule has 0 spiro atoms. The van der Waals surface area contributed by atoms with E-state index in [2.05, 4.69) is 27.8 Å². The third-order valence-electron chi connectivity index (χ3n) is 0.821. The summed E-state index contributed by atoms with van der Waals surface area (Å²) in [6, 6.07) is 0. The Morgan fingerprint density at radius 1 is 0.929 bits per heavy atom. The van der Waals surface area contributed by atoms with Crippen LogP contribution in [0.2, 0.25) is 0 Å². The van der Waals surface area contributed by atoms with Gasteiger partial charge in [-0.2, -0.15) is 17.6 Å². The number of alkyl halides is 6. The van der Waals surface area contributed by atoms with Gasteiger partial charge in [0.2, 0.25) is 0 Å². The van der Waals surface area contributed by atoms with Crippen LogP contribution in [-0.4, -0.2) is 9.66 Å². The second kappa shape index (κ2) is 5.63. The topological polar surface area (TPSA) is 0 Å². The smallest absolute Gasteiger partial charge is 0.193 e. The van der Waals surface area contributed by atoms with E-state index in [1.165, 1.54) is 0 Å². The minimum atomic E-state index is -3.24. The third kappa shape index (κ3) is 11.8. The molecule has 0 atom stereocenters. The van der Waals surface area contributed by atoms with E-state index in [4.69, 9.17) is 0 Å². The van der Waals surface area contributed by atoms with E-state index < -0.39 is 16.1 Å². The first-order valence-corrected chi connectivity index (χ1v) is 4.88. The van der Waals surface area contributed by atoms with Gasteiger partial charge in [-0.05, 0) is 21.9 Å². The first-order valence-electron chi connectivity index (χ1n) is 3.30. The Balaban J connectivity index is 3.89. The molecule has 0 heterocycles. The predicted octanol–water partition coefficient (Wildman–Crippen LogP) is 3.75. The van der Waals surface area contributed by atoms with Crippen molar-refractivity contribution in [3.05, 3.63) is 0 Å². The van der Waals surface area contributed by atoms with Crippen LogP contribution in [-0.2, 0) is 0 Å². The Hall–Kier alpha value is -0.200. The SMILES string of the molecule is FC(F)(Br)C#CCC#CCC(F)(F)Br. The zero-order chi connectivity index (χ0) is 11.2.